The van der Waals surface area contributed by atoms with Crippen molar-refractivity contribution in [1.29, 1.82) is 0 Å². The van der Waals surface area contributed by atoms with E-state index in [4.69, 9.17) is 13.9 Å². The Morgan fingerprint density at radius 3 is 2.96 bits per heavy atom. The van der Waals surface area contributed by atoms with E-state index in [1.54, 1.807) is 18.4 Å². The molecule has 0 unspecified atom stereocenters. The summed E-state index contributed by atoms with van der Waals surface area (Å²) in [5.74, 6) is 1.85. The zero-order valence-electron chi connectivity index (χ0n) is 14.1. The number of thiazole rings is 1. The Labute approximate surface area is 153 Å². The van der Waals surface area contributed by atoms with Gasteiger partial charge in [0.15, 0.2) is 0 Å². The second-order valence-corrected chi connectivity index (χ2v) is 7.18. The predicted molar refractivity (Wildman–Crippen MR) is 97.2 cm³/mol. The van der Waals surface area contributed by atoms with Crippen LogP contribution in [0.1, 0.15) is 22.0 Å². The van der Waals surface area contributed by atoms with Crippen LogP contribution in [0, 0.1) is 0 Å². The highest BCUT2D eigenvalue weighted by Crippen LogP contribution is 2.31. The first-order valence-corrected chi connectivity index (χ1v) is 9.06. The van der Waals surface area contributed by atoms with E-state index < -0.39 is 0 Å². The third kappa shape index (κ3) is 2.65. The molecule has 2 aromatic carbocycles. The van der Waals surface area contributed by atoms with Crippen LogP contribution >= 0.6 is 11.3 Å². The van der Waals surface area contributed by atoms with E-state index in [1.807, 2.05) is 24.3 Å². The van der Waals surface area contributed by atoms with Crippen LogP contribution in [0.4, 0.5) is 0 Å². The molecule has 7 heteroatoms. The normalized spacial score (nSPS) is 13.3. The summed E-state index contributed by atoms with van der Waals surface area (Å²) in [6.07, 6.45) is 0.504. The molecule has 0 radical (unpaired) electrons. The van der Waals surface area contributed by atoms with Gasteiger partial charge in [-0.3, -0.25) is 0 Å². The number of hydrogen-bond acceptors (Lipinski definition) is 7. The summed E-state index contributed by atoms with van der Waals surface area (Å²) in [4.78, 5) is 4.66. The summed E-state index contributed by atoms with van der Waals surface area (Å²) in [6, 6.07) is 12.0. The zero-order chi connectivity index (χ0) is 17.5. The minimum absolute atomic E-state index is 0.504. The number of aromatic nitrogens is 3. The van der Waals surface area contributed by atoms with Crippen LogP contribution < -0.4 is 4.74 Å². The predicted octanol–water partition coefficient (Wildman–Crippen LogP) is 3.98. The summed E-state index contributed by atoms with van der Waals surface area (Å²) in [5.41, 5.74) is 4.18. The molecule has 5 rings (SSSR count). The highest BCUT2D eigenvalue weighted by atomic mass is 32.1. The van der Waals surface area contributed by atoms with Crippen LogP contribution in [0.15, 0.2) is 40.8 Å². The lowest BCUT2D eigenvalue weighted by molar-refractivity contribution is 0.134. The number of rotatable bonds is 4. The molecule has 0 saturated carbocycles. The fourth-order valence-corrected chi connectivity index (χ4v) is 4.06. The summed E-state index contributed by atoms with van der Waals surface area (Å²) < 4.78 is 17.8. The van der Waals surface area contributed by atoms with Gasteiger partial charge in [-0.25, -0.2) is 4.98 Å². The average molecular weight is 365 g/mol. The van der Waals surface area contributed by atoms with Gasteiger partial charge in [0, 0.05) is 5.56 Å². The van der Waals surface area contributed by atoms with Crippen LogP contribution in [-0.4, -0.2) is 22.3 Å². The van der Waals surface area contributed by atoms with Crippen LogP contribution in [0.5, 0.6) is 5.75 Å². The largest absolute Gasteiger partial charge is 0.494 e. The van der Waals surface area contributed by atoms with E-state index >= 15 is 0 Å². The van der Waals surface area contributed by atoms with Gasteiger partial charge in [0.05, 0.1) is 31.4 Å². The molecule has 0 N–H and O–H groups in total. The summed E-state index contributed by atoms with van der Waals surface area (Å²) in [6.45, 7) is 1.31. The second kappa shape index (κ2) is 6.19. The maximum atomic E-state index is 5.86. The third-order valence-electron chi connectivity index (χ3n) is 4.38. The lowest BCUT2D eigenvalue weighted by Crippen LogP contribution is -1.88. The van der Waals surface area contributed by atoms with Gasteiger partial charge in [0.2, 0.25) is 11.8 Å². The maximum Gasteiger partial charge on any atom is 0.247 e. The first-order chi connectivity index (χ1) is 12.8. The number of methoxy groups -OCH3 is 1. The number of fused-ring (bicyclic) bond motifs is 2. The van der Waals surface area contributed by atoms with Crippen LogP contribution in [0.2, 0.25) is 0 Å². The van der Waals surface area contributed by atoms with Gasteiger partial charge in [-0.15, -0.1) is 21.5 Å². The van der Waals surface area contributed by atoms with E-state index in [9.17, 15) is 0 Å². The molecule has 0 spiro atoms. The van der Waals surface area contributed by atoms with Gasteiger partial charge >= 0.3 is 0 Å². The van der Waals surface area contributed by atoms with E-state index in [1.165, 1.54) is 11.1 Å². The monoisotopic (exact) mass is 365 g/mol. The molecule has 1 aliphatic rings. The SMILES string of the molecule is COc1cccc2sc(Cc3nnc(-c4ccc5c(c4)COC5)o3)nc12. The van der Waals surface area contributed by atoms with E-state index in [0.717, 1.165) is 26.5 Å². The minimum Gasteiger partial charge on any atom is -0.494 e. The van der Waals surface area contributed by atoms with Crippen molar-refractivity contribution in [3.05, 3.63) is 58.4 Å². The summed E-state index contributed by atoms with van der Waals surface area (Å²) >= 11 is 1.61. The Bertz CT molecular complexity index is 1100. The first kappa shape index (κ1) is 15.5. The minimum atomic E-state index is 0.504. The lowest BCUT2D eigenvalue weighted by atomic mass is 10.1. The molecule has 0 amide bonds. The van der Waals surface area contributed by atoms with Crippen molar-refractivity contribution in [2.24, 2.45) is 0 Å². The second-order valence-electron chi connectivity index (χ2n) is 6.07. The zero-order valence-corrected chi connectivity index (χ0v) is 14.9. The lowest BCUT2D eigenvalue weighted by Gasteiger charge is -1.99. The fraction of sp³-hybridized carbons (Fsp3) is 0.211. The number of nitrogens with zero attached hydrogens (tertiary/aromatic N) is 3. The summed E-state index contributed by atoms with van der Waals surface area (Å²) in [7, 11) is 1.65. The Morgan fingerprint density at radius 1 is 1.12 bits per heavy atom. The molecule has 2 aromatic heterocycles. The smallest absolute Gasteiger partial charge is 0.247 e. The topological polar surface area (TPSA) is 70.3 Å². The van der Waals surface area contributed by atoms with E-state index in [2.05, 4.69) is 27.3 Å². The van der Waals surface area contributed by atoms with Crippen LogP contribution in [-0.2, 0) is 24.4 Å². The average Bonchev–Trinajstić information content (AvgIpc) is 3.39. The molecule has 4 aromatic rings. The van der Waals surface area contributed by atoms with Crippen molar-refractivity contribution in [2.75, 3.05) is 7.11 Å². The summed E-state index contributed by atoms with van der Waals surface area (Å²) in [5, 5.41) is 9.29. The van der Waals surface area contributed by atoms with Gasteiger partial charge in [-0.1, -0.05) is 12.1 Å². The number of para-hydroxylation sites is 1. The quantitative estimate of drug-likeness (QED) is 0.545. The highest BCUT2D eigenvalue weighted by molar-refractivity contribution is 7.18. The number of ether oxygens (including phenoxy) is 2. The molecule has 130 valence electrons. The van der Waals surface area contributed by atoms with Gasteiger partial charge in [-0.05, 0) is 35.4 Å². The van der Waals surface area contributed by atoms with Crippen LogP contribution in [0.25, 0.3) is 21.7 Å². The molecule has 0 fully saturated rings. The van der Waals surface area contributed by atoms with Crippen molar-refractivity contribution in [3.8, 4) is 17.2 Å². The standard InChI is InChI=1S/C19H15N3O3S/c1-23-14-3-2-4-15-18(14)20-17(26-15)8-16-21-22-19(25-16)11-5-6-12-9-24-10-13(12)7-11/h2-7H,8-10H2,1H3. The van der Waals surface area contributed by atoms with Crippen molar-refractivity contribution >= 4 is 21.6 Å². The van der Waals surface area contributed by atoms with E-state index in [0.29, 0.717) is 31.4 Å². The van der Waals surface area contributed by atoms with Crippen molar-refractivity contribution in [3.63, 3.8) is 0 Å². The molecular weight excluding hydrogens is 350 g/mol. The molecule has 3 heterocycles. The molecule has 1 aliphatic heterocycles. The third-order valence-corrected chi connectivity index (χ3v) is 5.40. The van der Waals surface area contributed by atoms with Crippen molar-refractivity contribution < 1.29 is 13.9 Å². The first-order valence-electron chi connectivity index (χ1n) is 8.25. The molecular formula is C19H15N3O3S. The van der Waals surface area contributed by atoms with Crippen molar-refractivity contribution in [1.82, 2.24) is 15.2 Å². The Balaban J connectivity index is 1.42. The molecule has 6 nitrogen and oxygen atoms in total. The van der Waals surface area contributed by atoms with Crippen molar-refractivity contribution in [2.45, 2.75) is 19.6 Å². The van der Waals surface area contributed by atoms with E-state index in [-0.39, 0.29) is 0 Å². The van der Waals surface area contributed by atoms with Gasteiger partial charge in [0.25, 0.3) is 0 Å². The van der Waals surface area contributed by atoms with Crippen LogP contribution in [0.3, 0.4) is 0 Å². The molecule has 0 aliphatic carbocycles. The molecule has 0 atom stereocenters. The highest BCUT2D eigenvalue weighted by Gasteiger charge is 2.16. The molecule has 0 bridgehead atoms. The van der Waals surface area contributed by atoms with Gasteiger partial charge in [-0.2, -0.15) is 0 Å². The Morgan fingerprint density at radius 2 is 2.04 bits per heavy atom. The maximum absolute atomic E-state index is 5.86. The molecule has 26 heavy (non-hydrogen) atoms. The number of hydrogen-bond donors (Lipinski definition) is 0. The Hall–Kier alpha value is -2.77. The number of benzene rings is 2. The van der Waals surface area contributed by atoms with Gasteiger partial charge in [0.1, 0.15) is 16.3 Å². The fourth-order valence-electron chi connectivity index (χ4n) is 3.09. The van der Waals surface area contributed by atoms with Gasteiger partial charge < -0.3 is 13.9 Å². The molecule has 0 saturated heterocycles. The Kier molecular flexibility index (Phi) is 3.69.